The molecule has 0 radical (unpaired) electrons. The Morgan fingerprint density at radius 3 is 2.67 bits per heavy atom. The first-order valence-corrected chi connectivity index (χ1v) is 9.35. The zero-order valence-electron chi connectivity index (χ0n) is 14.3. The summed E-state index contributed by atoms with van der Waals surface area (Å²) in [5, 5.41) is 4.98. The number of halogens is 2. The molecular weight excluding hydrogens is 411 g/mol. The molecule has 3 aromatic rings. The molecule has 27 heavy (non-hydrogen) atoms. The van der Waals surface area contributed by atoms with Gasteiger partial charge in [0.25, 0.3) is 0 Å². The van der Waals surface area contributed by atoms with Gasteiger partial charge in [-0.1, -0.05) is 34.1 Å². The third-order valence-corrected chi connectivity index (χ3v) is 5.42. The largest absolute Gasteiger partial charge is 0.326 e. The van der Waals surface area contributed by atoms with E-state index in [1.54, 1.807) is 12.1 Å². The first kappa shape index (κ1) is 17.7. The summed E-state index contributed by atoms with van der Waals surface area (Å²) >= 11 is 3.51. The summed E-state index contributed by atoms with van der Waals surface area (Å²) in [6.45, 7) is 0.287. The molecule has 0 saturated carbocycles. The van der Waals surface area contributed by atoms with Crippen molar-refractivity contribution in [3.05, 3.63) is 71.0 Å². The Balaban J connectivity index is 1.49. The average Bonchev–Trinajstić information content (AvgIpc) is 3.04. The molecule has 4 rings (SSSR count). The third kappa shape index (κ3) is 3.57. The van der Waals surface area contributed by atoms with Gasteiger partial charge in [0.15, 0.2) is 0 Å². The van der Waals surface area contributed by atoms with E-state index < -0.39 is 5.92 Å². The first-order chi connectivity index (χ1) is 13.0. The summed E-state index contributed by atoms with van der Waals surface area (Å²) in [6.07, 6.45) is 0.141. The zero-order chi connectivity index (χ0) is 19.0. The Morgan fingerprint density at radius 1 is 1.11 bits per heavy atom. The van der Waals surface area contributed by atoms with Gasteiger partial charge in [-0.3, -0.25) is 9.59 Å². The van der Waals surface area contributed by atoms with Gasteiger partial charge in [0.2, 0.25) is 11.8 Å². The second-order valence-electron chi connectivity index (χ2n) is 6.55. The molecule has 1 unspecified atom stereocenters. The quantitative estimate of drug-likeness (QED) is 0.657. The van der Waals surface area contributed by atoms with Crippen LogP contribution < -0.4 is 10.2 Å². The van der Waals surface area contributed by atoms with Crippen LogP contribution in [0.3, 0.4) is 0 Å². The van der Waals surface area contributed by atoms with Gasteiger partial charge in [-0.2, -0.15) is 0 Å². The zero-order valence-corrected chi connectivity index (χ0v) is 15.9. The standard InChI is InChI=1S/C21H16BrFN2O2/c22-19-3-1-2-13-10-16(6-9-18(13)19)24-21(27)14-11-20(26)25(12-14)17-7-4-15(23)5-8-17/h1-10,14H,11-12H2,(H,24,27). The Kier molecular flexibility index (Phi) is 4.66. The second-order valence-corrected chi connectivity index (χ2v) is 7.40. The Hall–Kier alpha value is -2.73. The van der Waals surface area contributed by atoms with Crippen LogP contribution in [0.4, 0.5) is 15.8 Å². The lowest BCUT2D eigenvalue weighted by atomic mass is 10.1. The molecule has 2 amide bonds. The maximum atomic E-state index is 13.1. The predicted molar refractivity (Wildman–Crippen MR) is 107 cm³/mol. The van der Waals surface area contributed by atoms with Gasteiger partial charge >= 0.3 is 0 Å². The van der Waals surface area contributed by atoms with Crippen LogP contribution in [-0.2, 0) is 9.59 Å². The van der Waals surface area contributed by atoms with E-state index in [2.05, 4.69) is 21.2 Å². The smallest absolute Gasteiger partial charge is 0.229 e. The lowest BCUT2D eigenvalue weighted by Crippen LogP contribution is -2.28. The van der Waals surface area contributed by atoms with E-state index in [9.17, 15) is 14.0 Å². The van der Waals surface area contributed by atoms with Crippen LogP contribution >= 0.6 is 15.9 Å². The number of amides is 2. The second kappa shape index (κ2) is 7.12. The molecule has 1 aliphatic heterocycles. The number of fused-ring (bicyclic) bond motifs is 1. The maximum absolute atomic E-state index is 13.1. The number of carbonyl (C=O) groups is 2. The third-order valence-electron chi connectivity index (χ3n) is 4.73. The van der Waals surface area contributed by atoms with Gasteiger partial charge in [0.1, 0.15) is 5.82 Å². The van der Waals surface area contributed by atoms with Crippen LogP contribution in [-0.4, -0.2) is 18.4 Å². The van der Waals surface area contributed by atoms with Crippen molar-refractivity contribution in [1.29, 1.82) is 0 Å². The minimum Gasteiger partial charge on any atom is -0.326 e. The summed E-state index contributed by atoms with van der Waals surface area (Å²) in [4.78, 5) is 26.5. The molecule has 0 spiro atoms. The van der Waals surface area contributed by atoms with Crippen LogP contribution in [0, 0.1) is 11.7 Å². The number of hydrogen-bond acceptors (Lipinski definition) is 2. The molecule has 0 aliphatic carbocycles. The van der Waals surface area contributed by atoms with Crippen molar-refractivity contribution in [2.75, 3.05) is 16.8 Å². The molecule has 0 bridgehead atoms. The van der Waals surface area contributed by atoms with Crippen molar-refractivity contribution >= 4 is 49.9 Å². The fourth-order valence-electron chi connectivity index (χ4n) is 3.32. The van der Waals surface area contributed by atoms with Crippen molar-refractivity contribution in [1.82, 2.24) is 0 Å². The van der Waals surface area contributed by atoms with E-state index in [0.29, 0.717) is 11.4 Å². The van der Waals surface area contributed by atoms with Crippen molar-refractivity contribution in [2.45, 2.75) is 6.42 Å². The molecule has 4 nitrogen and oxygen atoms in total. The normalized spacial score (nSPS) is 16.7. The SMILES string of the molecule is O=C(Nc1ccc2c(Br)cccc2c1)C1CC(=O)N(c2ccc(F)cc2)C1. The van der Waals surface area contributed by atoms with Crippen LogP contribution in [0.2, 0.25) is 0 Å². The lowest BCUT2D eigenvalue weighted by molar-refractivity contribution is -0.122. The molecule has 1 saturated heterocycles. The number of anilines is 2. The van der Waals surface area contributed by atoms with Crippen molar-refractivity contribution in [3.8, 4) is 0 Å². The number of carbonyl (C=O) groups excluding carboxylic acids is 2. The van der Waals surface area contributed by atoms with Crippen molar-refractivity contribution in [3.63, 3.8) is 0 Å². The molecule has 1 atom stereocenters. The van der Waals surface area contributed by atoms with E-state index in [-0.39, 0.29) is 30.6 Å². The highest BCUT2D eigenvalue weighted by atomic mass is 79.9. The molecule has 136 valence electrons. The molecular formula is C21H16BrFN2O2. The number of benzene rings is 3. The number of nitrogens with zero attached hydrogens (tertiary/aromatic N) is 1. The van der Waals surface area contributed by atoms with Crippen LogP contribution in [0.5, 0.6) is 0 Å². The summed E-state index contributed by atoms with van der Waals surface area (Å²) in [7, 11) is 0. The summed E-state index contributed by atoms with van der Waals surface area (Å²) in [5.41, 5.74) is 1.30. The average molecular weight is 427 g/mol. The van der Waals surface area contributed by atoms with E-state index in [1.165, 1.54) is 17.0 Å². The van der Waals surface area contributed by atoms with E-state index >= 15 is 0 Å². The summed E-state index contributed by atoms with van der Waals surface area (Å²) in [5.74, 6) is -1.13. The van der Waals surface area contributed by atoms with Crippen LogP contribution in [0.15, 0.2) is 65.1 Å². The Labute approximate surface area is 164 Å². The van der Waals surface area contributed by atoms with Crippen LogP contribution in [0.1, 0.15) is 6.42 Å². The Morgan fingerprint density at radius 2 is 1.89 bits per heavy atom. The highest BCUT2D eigenvalue weighted by molar-refractivity contribution is 9.10. The van der Waals surface area contributed by atoms with Gasteiger partial charge in [0, 0.05) is 28.8 Å². The summed E-state index contributed by atoms with van der Waals surface area (Å²) in [6, 6.07) is 17.3. The highest BCUT2D eigenvalue weighted by Crippen LogP contribution is 2.28. The van der Waals surface area contributed by atoms with E-state index in [0.717, 1.165) is 15.2 Å². The molecule has 6 heteroatoms. The lowest BCUT2D eigenvalue weighted by Gasteiger charge is -2.16. The molecule has 1 aliphatic rings. The van der Waals surface area contributed by atoms with E-state index in [1.807, 2.05) is 36.4 Å². The number of hydrogen-bond donors (Lipinski definition) is 1. The molecule has 3 aromatic carbocycles. The minimum absolute atomic E-state index is 0.135. The number of nitrogens with one attached hydrogen (secondary N) is 1. The predicted octanol–water partition coefficient (Wildman–Crippen LogP) is 4.73. The minimum atomic E-state index is -0.444. The first-order valence-electron chi connectivity index (χ1n) is 8.56. The van der Waals surface area contributed by atoms with Crippen LogP contribution in [0.25, 0.3) is 10.8 Å². The highest BCUT2D eigenvalue weighted by Gasteiger charge is 2.35. The van der Waals surface area contributed by atoms with Gasteiger partial charge < -0.3 is 10.2 Å². The summed E-state index contributed by atoms with van der Waals surface area (Å²) < 4.78 is 14.1. The maximum Gasteiger partial charge on any atom is 0.229 e. The Bertz CT molecular complexity index is 1040. The van der Waals surface area contributed by atoms with E-state index in [4.69, 9.17) is 0 Å². The molecule has 1 heterocycles. The topological polar surface area (TPSA) is 49.4 Å². The fourth-order valence-corrected chi connectivity index (χ4v) is 3.83. The van der Waals surface area contributed by atoms with Gasteiger partial charge in [-0.15, -0.1) is 0 Å². The van der Waals surface area contributed by atoms with Gasteiger partial charge in [-0.25, -0.2) is 4.39 Å². The molecule has 0 aromatic heterocycles. The molecule has 1 N–H and O–H groups in total. The van der Waals surface area contributed by atoms with Gasteiger partial charge in [-0.05, 0) is 53.2 Å². The van der Waals surface area contributed by atoms with Gasteiger partial charge in [0.05, 0.1) is 5.92 Å². The number of rotatable bonds is 3. The molecule has 1 fully saturated rings. The fraction of sp³-hybridized carbons (Fsp3) is 0.143. The monoisotopic (exact) mass is 426 g/mol. The van der Waals surface area contributed by atoms with Crippen molar-refractivity contribution < 1.29 is 14.0 Å². The van der Waals surface area contributed by atoms with Crippen molar-refractivity contribution in [2.24, 2.45) is 5.92 Å².